The quantitative estimate of drug-likeness (QED) is 0.337. The van der Waals surface area contributed by atoms with Gasteiger partial charge in [-0.15, -0.1) is 0 Å². The molecule has 0 aromatic rings. The number of halogens is 9. The summed E-state index contributed by atoms with van der Waals surface area (Å²) in [6.45, 7) is 6.44. The third kappa shape index (κ3) is 5.55. The number of hydrogen-bond donors (Lipinski definition) is 2. The number of esters is 1. The summed E-state index contributed by atoms with van der Waals surface area (Å²) in [6.07, 6.45) is -22.2. The van der Waals surface area contributed by atoms with Crippen LogP contribution in [-0.2, 0) is 9.53 Å². The minimum atomic E-state index is -6.12. The zero-order valence-corrected chi connectivity index (χ0v) is 19.9. The summed E-state index contributed by atoms with van der Waals surface area (Å²) in [5.74, 6) is -5.29. The van der Waals surface area contributed by atoms with Crippen molar-refractivity contribution in [1.29, 1.82) is 0 Å². The number of carbonyl (C=O) groups is 1. The van der Waals surface area contributed by atoms with E-state index in [1.165, 1.54) is 20.8 Å². The Morgan fingerprint density at radius 2 is 1.40 bits per heavy atom. The van der Waals surface area contributed by atoms with Crippen LogP contribution in [0.3, 0.4) is 0 Å². The Hall–Kier alpha value is -1.24. The number of ether oxygens (including phenoxy) is 1. The first-order valence-corrected chi connectivity index (χ1v) is 11.2. The third-order valence-electron chi connectivity index (χ3n) is 7.72. The van der Waals surface area contributed by atoms with Crippen LogP contribution in [0.25, 0.3) is 0 Å². The van der Waals surface area contributed by atoms with Crippen molar-refractivity contribution in [3.8, 4) is 0 Å². The SMILES string of the molecule is CC1C2CC(C(O)CC(O)(C(F)(F)F)C(F)(F)F)C(C2)C1CC(C)(C(=O)OC(C)(C)C)C(F)(F)F. The van der Waals surface area contributed by atoms with Gasteiger partial charge in [-0.3, -0.25) is 4.79 Å². The fraction of sp³-hybridized carbons (Fsp3) is 0.955. The maximum absolute atomic E-state index is 14.1. The number of carbonyl (C=O) groups excluding carboxylic acids is 1. The van der Waals surface area contributed by atoms with Crippen molar-refractivity contribution in [3.05, 3.63) is 0 Å². The van der Waals surface area contributed by atoms with Gasteiger partial charge in [0.05, 0.1) is 6.10 Å². The standard InChI is InChI=1S/C22H31F9O4/c1-10-11-6-12(13(7-11)15(32)9-19(34,21(26,27)28)22(29,30)31)14(10)8-18(5,20(23,24)25)16(33)35-17(2,3)4/h10-15,32,34H,6-9H2,1-5H3. The second-order valence-electron chi connectivity index (χ2n) is 11.2. The van der Waals surface area contributed by atoms with Crippen LogP contribution in [0.5, 0.6) is 0 Å². The Labute approximate surface area is 197 Å². The molecular weight excluding hydrogens is 499 g/mol. The zero-order valence-electron chi connectivity index (χ0n) is 19.9. The van der Waals surface area contributed by atoms with Crippen LogP contribution in [0.4, 0.5) is 39.5 Å². The Bertz CT molecular complexity index is 770. The molecule has 0 spiro atoms. The van der Waals surface area contributed by atoms with Crippen LogP contribution < -0.4 is 0 Å². The second-order valence-corrected chi connectivity index (χ2v) is 11.2. The van der Waals surface area contributed by atoms with E-state index in [1.807, 2.05) is 0 Å². The third-order valence-corrected chi connectivity index (χ3v) is 7.72. The highest BCUT2D eigenvalue weighted by molar-refractivity contribution is 5.77. The van der Waals surface area contributed by atoms with Gasteiger partial charge in [-0.1, -0.05) is 6.92 Å². The van der Waals surface area contributed by atoms with Crippen molar-refractivity contribution < 1.29 is 59.3 Å². The number of rotatable bonds is 6. The molecule has 0 amide bonds. The highest BCUT2D eigenvalue weighted by atomic mass is 19.4. The van der Waals surface area contributed by atoms with Crippen molar-refractivity contribution in [2.24, 2.45) is 35.0 Å². The number of aliphatic hydroxyl groups is 2. The Morgan fingerprint density at radius 1 is 0.914 bits per heavy atom. The van der Waals surface area contributed by atoms with Crippen molar-refractivity contribution in [2.75, 3.05) is 0 Å². The van der Waals surface area contributed by atoms with Gasteiger partial charge in [0.2, 0.25) is 0 Å². The lowest BCUT2D eigenvalue weighted by atomic mass is 9.65. The molecule has 35 heavy (non-hydrogen) atoms. The van der Waals surface area contributed by atoms with Gasteiger partial charge in [0.15, 0.2) is 5.41 Å². The first-order valence-electron chi connectivity index (χ1n) is 11.2. The molecular formula is C22H31F9O4. The average molecular weight is 530 g/mol. The predicted molar refractivity (Wildman–Crippen MR) is 105 cm³/mol. The molecule has 2 fully saturated rings. The topological polar surface area (TPSA) is 66.8 Å². The summed E-state index contributed by atoms with van der Waals surface area (Å²) in [5, 5.41) is 19.8. The van der Waals surface area contributed by atoms with Gasteiger partial charge in [0, 0.05) is 6.42 Å². The molecule has 0 heterocycles. The smallest absolute Gasteiger partial charge is 0.426 e. The van der Waals surface area contributed by atoms with Gasteiger partial charge in [0.1, 0.15) is 5.60 Å². The van der Waals surface area contributed by atoms with Gasteiger partial charge in [-0.25, -0.2) is 0 Å². The van der Waals surface area contributed by atoms with Crippen LogP contribution in [-0.4, -0.2) is 52.0 Å². The molecule has 13 heteroatoms. The molecule has 0 aliphatic heterocycles. The van der Waals surface area contributed by atoms with Crippen LogP contribution in [0.2, 0.25) is 0 Å². The summed E-state index contributed by atoms with van der Waals surface area (Å²) in [6, 6.07) is 0. The fourth-order valence-corrected chi connectivity index (χ4v) is 5.61. The van der Waals surface area contributed by atoms with E-state index in [1.54, 1.807) is 6.92 Å². The van der Waals surface area contributed by atoms with Gasteiger partial charge < -0.3 is 14.9 Å². The number of hydrogen-bond acceptors (Lipinski definition) is 4. The molecule has 7 atom stereocenters. The first-order chi connectivity index (χ1) is 15.4. The molecule has 2 N–H and O–H groups in total. The molecule has 2 bridgehead atoms. The normalized spacial score (nSPS) is 30.8. The predicted octanol–water partition coefficient (Wildman–Crippen LogP) is 5.80. The molecule has 0 aromatic heterocycles. The number of aliphatic hydroxyl groups excluding tert-OH is 1. The van der Waals surface area contributed by atoms with Gasteiger partial charge in [0.25, 0.3) is 5.60 Å². The maximum Gasteiger partial charge on any atom is 0.426 e. The van der Waals surface area contributed by atoms with Crippen molar-refractivity contribution in [2.45, 2.75) is 96.1 Å². The Morgan fingerprint density at radius 3 is 1.77 bits per heavy atom. The first kappa shape index (κ1) is 30.0. The summed E-state index contributed by atoms with van der Waals surface area (Å²) in [5.41, 5.74) is -9.38. The van der Waals surface area contributed by atoms with Crippen LogP contribution in [0, 0.1) is 35.0 Å². The minimum absolute atomic E-state index is 0.00443. The van der Waals surface area contributed by atoms with Gasteiger partial charge in [-0.2, -0.15) is 39.5 Å². The summed E-state index contributed by atoms with van der Waals surface area (Å²) in [7, 11) is 0. The average Bonchev–Trinajstić information content (AvgIpc) is 3.17. The van der Waals surface area contributed by atoms with Crippen LogP contribution in [0.1, 0.15) is 60.3 Å². The molecule has 206 valence electrons. The molecule has 4 nitrogen and oxygen atoms in total. The lowest BCUT2D eigenvalue weighted by Crippen LogP contribution is -2.59. The molecule has 2 aliphatic carbocycles. The van der Waals surface area contributed by atoms with Gasteiger partial charge in [-0.05, 0) is 76.5 Å². The Balaban J connectivity index is 2.33. The van der Waals surface area contributed by atoms with Crippen LogP contribution in [0.15, 0.2) is 0 Å². The molecule has 7 unspecified atom stereocenters. The van der Waals surface area contributed by atoms with Crippen molar-refractivity contribution in [3.63, 3.8) is 0 Å². The van der Waals surface area contributed by atoms with E-state index in [2.05, 4.69) is 0 Å². The van der Waals surface area contributed by atoms with E-state index in [4.69, 9.17) is 4.74 Å². The van der Waals surface area contributed by atoms with E-state index in [-0.39, 0.29) is 18.8 Å². The molecule has 2 saturated carbocycles. The maximum atomic E-state index is 14.1. The largest absolute Gasteiger partial charge is 0.459 e. The molecule has 2 rings (SSSR count). The monoisotopic (exact) mass is 530 g/mol. The van der Waals surface area contributed by atoms with Crippen LogP contribution >= 0.6 is 0 Å². The minimum Gasteiger partial charge on any atom is -0.459 e. The summed E-state index contributed by atoms with van der Waals surface area (Å²) in [4.78, 5) is 12.6. The highest BCUT2D eigenvalue weighted by Gasteiger charge is 2.71. The summed E-state index contributed by atoms with van der Waals surface area (Å²) < 4.78 is 126. The van der Waals surface area contributed by atoms with E-state index < -0.39 is 83.7 Å². The summed E-state index contributed by atoms with van der Waals surface area (Å²) >= 11 is 0. The Kier molecular flexibility index (Phi) is 7.67. The van der Waals surface area contributed by atoms with E-state index in [0.717, 1.165) is 0 Å². The molecule has 2 aliphatic rings. The lowest BCUT2D eigenvalue weighted by Gasteiger charge is -2.43. The van der Waals surface area contributed by atoms with E-state index in [0.29, 0.717) is 6.92 Å². The lowest BCUT2D eigenvalue weighted by molar-refractivity contribution is -0.375. The van der Waals surface area contributed by atoms with Crippen molar-refractivity contribution in [1.82, 2.24) is 0 Å². The van der Waals surface area contributed by atoms with E-state index >= 15 is 0 Å². The van der Waals surface area contributed by atoms with Gasteiger partial charge >= 0.3 is 24.5 Å². The molecule has 0 saturated heterocycles. The number of alkyl halides is 9. The highest BCUT2D eigenvalue weighted by Crippen LogP contribution is 2.61. The molecule has 0 aromatic carbocycles. The number of fused-ring (bicyclic) bond motifs is 2. The van der Waals surface area contributed by atoms with E-state index in [9.17, 15) is 54.5 Å². The molecule has 0 radical (unpaired) electrons. The van der Waals surface area contributed by atoms with Crippen molar-refractivity contribution >= 4 is 5.97 Å². The fourth-order valence-electron chi connectivity index (χ4n) is 5.61. The zero-order chi connectivity index (χ0) is 27.6. The second kappa shape index (κ2) is 8.95.